The minimum absolute atomic E-state index is 0.119. The van der Waals surface area contributed by atoms with E-state index in [0.717, 1.165) is 6.07 Å². The van der Waals surface area contributed by atoms with Crippen LogP contribution in [0.2, 0.25) is 0 Å². The van der Waals surface area contributed by atoms with E-state index in [0.29, 0.717) is 12.1 Å². The molecule has 1 aromatic rings. The predicted molar refractivity (Wildman–Crippen MR) is 73.8 cm³/mol. The Bertz CT molecular complexity index is 447. The number of halogens is 3. The molecular formula is C15H22F3NO. The SMILES string of the molecule is CC(C)Oc1ccc(CNC(C)(C)C)cc1C(F)(F)F. The van der Waals surface area contributed by atoms with Crippen molar-refractivity contribution in [1.82, 2.24) is 5.32 Å². The molecule has 0 spiro atoms. The summed E-state index contributed by atoms with van der Waals surface area (Å²) in [5, 5.41) is 3.17. The van der Waals surface area contributed by atoms with Gasteiger partial charge in [0.1, 0.15) is 5.75 Å². The van der Waals surface area contributed by atoms with Gasteiger partial charge in [0.15, 0.2) is 0 Å². The van der Waals surface area contributed by atoms with Crippen LogP contribution < -0.4 is 10.1 Å². The molecule has 0 radical (unpaired) electrons. The molecular weight excluding hydrogens is 267 g/mol. The lowest BCUT2D eigenvalue weighted by atomic mass is 10.1. The number of ether oxygens (including phenoxy) is 1. The summed E-state index contributed by atoms with van der Waals surface area (Å²) < 4.78 is 44.4. The van der Waals surface area contributed by atoms with Crippen LogP contribution in [0.4, 0.5) is 13.2 Å². The quantitative estimate of drug-likeness (QED) is 0.888. The van der Waals surface area contributed by atoms with Crippen LogP contribution in [0.25, 0.3) is 0 Å². The van der Waals surface area contributed by atoms with Crippen LogP contribution in [0, 0.1) is 0 Å². The van der Waals surface area contributed by atoms with Gasteiger partial charge in [-0.15, -0.1) is 0 Å². The van der Waals surface area contributed by atoms with E-state index in [9.17, 15) is 13.2 Å². The minimum atomic E-state index is -4.41. The van der Waals surface area contributed by atoms with Gasteiger partial charge >= 0.3 is 6.18 Å². The van der Waals surface area contributed by atoms with Crippen LogP contribution >= 0.6 is 0 Å². The van der Waals surface area contributed by atoms with Crippen LogP contribution in [0.3, 0.4) is 0 Å². The van der Waals surface area contributed by atoms with Gasteiger partial charge in [0.25, 0.3) is 0 Å². The molecule has 2 nitrogen and oxygen atoms in total. The van der Waals surface area contributed by atoms with Gasteiger partial charge in [-0.2, -0.15) is 13.2 Å². The molecule has 0 amide bonds. The lowest BCUT2D eigenvalue weighted by Crippen LogP contribution is -2.35. The number of benzene rings is 1. The molecule has 20 heavy (non-hydrogen) atoms. The minimum Gasteiger partial charge on any atom is -0.490 e. The Kier molecular flexibility index (Phi) is 5.08. The zero-order valence-corrected chi connectivity index (χ0v) is 12.6. The smallest absolute Gasteiger partial charge is 0.419 e. The number of hydrogen-bond acceptors (Lipinski definition) is 2. The van der Waals surface area contributed by atoms with Gasteiger partial charge in [0, 0.05) is 12.1 Å². The van der Waals surface area contributed by atoms with Gasteiger partial charge in [-0.1, -0.05) is 6.07 Å². The van der Waals surface area contributed by atoms with Gasteiger partial charge in [-0.3, -0.25) is 0 Å². The van der Waals surface area contributed by atoms with E-state index in [2.05, 4.69) is 5.32 Å². The Morgan fingerprint density at radius 1 is 1.15 bits per heavy atom. The second-order valence-electron chi connectivity index (χ2n) is 6.10. The molecule has 0 saturated heterocycles. The lowest BCUT2D eigenvalue weighted by molar-refractivity contribution is -0.139. The van der Waals surface area contributed by atoms with Crippen molar-refractivity contribution >= 4 is 0 Å². The average Bonchev–Trinajstić information content (AvgIpc) is 2.24. The molecule has 0 aliphatic carbocycles. The Morgan fingerprint density at radius 3 is 2.20 bits per heavy atom. The Balaban J connectivity index is 3.02. The number of nitrogens with one attached hydrogen (secondary N) is 1. The van der Waals surface area contributed by atoms with Gasteiger partial charge in [0.2, 0.25) is 0 Å². The topological polar surface area (TPSA) is 21.3 Å². The molecule has 1 aromatic carbocycles. The largest absolute Gasteiger partial charge is 0.490 e. The third kappa shape index (κ3) is 5.41. The molecule has 1 rings (SSSR count). The molecule has 5 heteroatoms. The summed E-state index contributed by atoms with van der Waals surface area (Å²) in [6, 6.07) is 4.20. The zero-order valence-electron chi connectivity index (χ0n) is 12.6. The first kappa shape index (κ1) is 16.8. The highest BCUT2D eigenvalue weighted by Crippen LogP contribution is 2.37. The highest BCUT2D eigenvalue weighted by Gasteiger charge is 2.34. The first-order chi connectivity index (χ1) is 8.99. The summed E-state index contributed by atoms with van der Waals surface area (Å²) in [5.74, 6) is -0.119. The van der Waals surface area contributed by atoms with Crippen molar-refractivity contribution in [2.24, 2.45) is 0 Å². The van der Waals surface area contributed by atoms with E-state index < -0.39 is 11.7 Å². The monoisotopic (exact) mass is 289 g/mol. The van der Waals surface area contributed by atoms with Crippen molar-refractivity contribution in [1.29, 1.82) is 0 Å². The van der Waals surface area contributed by atoms with Gasteiger partial charge < -0.3 is 10.1 Å². The van der Waals surface area contributed by atoms with E-state index in [4.69, 9.17) is 4.74 Å². The van der Waals surface area contributed by atoms with Crippen molar-refractivity contribution < 1.29 is 17.9 Å². The molecule has 114 valence electrons. The Hall–Kier alpha value is -1.23. The van der Waals surface area contributed by atoms with Crippen molar-refractivity contribution in [3.05, 3.63) is 29.3 Å². The molecule has 0 aromatic heterocycles. The molecule has 0 atom stereocenters. The fourth-order valence-corrected chi connectivity index (χ4v) is 1.63. The molecule has 1 N–H and O–H groups in total. The summed E-state index contributed by atoms with van der Waals surface area (Å²) in [5.41, 5.74) is -0.284. The summed E-state index contributed by atoms with van der Waals surface area (Å²) in [4.78, 5) is 0. The Morgan fingerprint density at radius 2 is 1.75 bits per heavy atom. The molecule has 0 unspecified atom stereocenters. The van der Waals surface area contributed by atoms with Crippen LogP contribution in [0.5, 0.6) is 5.75 Å². The van der Waals surface area contributed by atoms with Gasteiger partial charge in [-0.25, -0.2) is 0 Å². The number of hydrogen-bond donors (Lipinski definition) is 1. The maximum absolute atomic E-state index is 13.1. The van der Waals surface area contributed by atoms with Crippen LogP contribution in [0.1, 0.15) is 45.7 Å². The molecule has 0 bridgehead atoms. The van der Waals surface area contributed by atoms with Crippen molar-refractivity contribution in [2.75, 3.05) is 0 Å². The predicted octanol–water partition coefficient (Wildman–Crippen LogP) is 4.38. The summed E-state index contributed by atoms with van der Waals surface area (Å²) >= 11 is 0. The van der Waals surface area contributed by atoms with Crippen LogP contribution in [-0.4, -0.2) is 11.6 Å². The maximum atomic E-state index is 13.1. The summed E-state index contributed by atoms with van der Waals surface area (Å²) in [7, 11) is 0. The van der Waals surface area contributed by atoms with Crippen molar-refractivity contribution in [2.45, 2.75) is 59.0 Å². The molecule has 0 aliphatic rings. The standard InChI is InChI=1S/C15H22F3NO/c1-10(2)20-13-7-6-11(9-19-14(3,4)5)8-12(13)15(16,17)18/h6-8,10,19H,9H2,1-5H3. The van der Waals surface area contributed by atoms with Crippen LogP contribution in [-0.2, 0) is 12.7 Å². The average molecular weight is 289 g/mol. The second kappa shape index (κ2) is 6.04. The fraction of sp³-hybridized carbons (Fsp3) is 0.600. The van der Waals surface area contributed by atoms with Gasteiger partial charge in [0.05, 0.1) is 11.7 Å². The zero-order chi connectivity index (χ0) is 15.6. The van der Waals surface area contributed by atoms with Crippen LogP contribution in [0.15, 0.2) is 18.2 Å². The maximum Gasteiger partial charge on any atom is 0.419 e. The van der Waals surface area contributed by atoms with E-state index in [-0.39, 0.29) is 17.4 Å². The van der Waals surface area contributed by atoms with E-state index in [1.165, 1.54) is 6.07 Å². The van der Waals surface area contributed by atoms with Crippen molar-refractivity contribution in [3.63, 3.8) is 0 Å². The first-order valence-corrected chi connectivity index (χ1v) is 6.61. The highest BCUT2D eigenvalue weighted by molar-refractivity contribution is 5.39. The molecule has 0 heterocycles. The third-order valence-corrected chi connectivity index (χ3v) is 2.53. The Labute approximate surface area is 118 Å². The number of alkyl halides is 3. The molecule has 0 fully saturated rings. The van der Waals surface area contributed by atoms with E-state index >= 15 is 0 Å². The first-order valence-electron chi connectivity index (χ1n) is 6.61. The summed E-state index contributed by atoms with van der Waals surface area (Å²) in [6.45, 7) is 9.69. The lowest BCUT2D eigenvalue weighted by Gasteiger charge is -2.22. The highest BCUT2D eigenvalue weighted by atomic mass is 19.4. The van der Waals surface area contributed by atoms with E-state index in [1.54, 1.807) is 19.9 Å². The third-order valence-electron chi connectivity index (χ3n) is 2.53. The molecule has 0 aliphatic heterocycles. The van der Waals surface area contributed by atoms with Crippen molar-refractivity contribution in [3.8, 4) is 5.75 Å². The normalized spacial score (nSPS) is 12.8. The molecule has 0 saturated carbocycles. The fourth-order valence-electron chi connectivity index (χ4n) is 1.63. The van der Waals surface area contributed by atoms with E-state index in [1.807, 2.05) is 20.8 Å². The second-order valence-corrected chi connectivity index (χ2v) is 6.10. The van der Waals surface area contributed by atoms with Gasteiger partial charge in [-0.05, 0) is 52.3 Å². The summed E-state index contributed by atoms with van der Waals surface area (Å²) in [6.07, 6.45) is -4.71. The number of rotatable bonds is 4.